The molecule has 0 fully saturated rings. The molecule has 1 aromatic carbocycles. The number of fused-ring (bicyclic) bond motifs is 1. The van der Waals surface area contributed by atoms with Crippen LogP contribution in [0.5, 0.6) is 0 Å². The molecule has 1 heterocycles. The highest BCUT2D eigenvalue weighted by atomic mass is 35.5. The molecule has 80 valence electrons. The summed E-state index contributed by atoms with van der Waals surface area (Å²) in [5.41, 5.74) is 1.12. The predicted molar refractivity (Wildman–Crippen MR) is 55.3 cm³/mol. The number of para-hydroxylation sites is 1. The van der Waals surface area contributed by atoms with Gasteiger partial charge in [-0.25, -0.2) is 4.21 Å². The van der Waals surface area contributed by atoms with Gasteiger partial charge in [0, 0.05) is 17.2 Å². The van der Waals surface area contributed by atoms with Crippen LogP contribution < -0.4 is 0 Å². The van der Waals surface area contributed by atoms with E-state index in [0.29, 0.717) is 11.3 Å². The van der Waals surface area contributed by atoms with Crippen LogP contribution in [0.25, 0.3) is 11.0 Å². The van der Waals surface area contributed by atoms with Crippen molar-refractivity contribution >= 4 is 33.7 Å². The van der Waals surface area contributed by atoms with Crippen molar-refractivity contribution in [3.8, 4) is 0 Å². The third kappa shape index (κ3) is 2.18. The average molecular weight is 247 g/mol. The van der Waals surface area contributed by atoms with Crippen LogP contribution in [0.3, 0.4) is 0 Å². The van der Waals surface area contributed by atoms with Crippen molar-refractivity contribution in [2.24, 2.45) is 0 Å². The van der Waals surface area contributed by atoms with Crippen molar-refractivity contribution in [2.75, 3.05) is 0 Å². The molecule has 1 atom stereocenters. The second-order valence-corrected chi connectivity index (χ2v) is 4.62. The Balaban J connectivity index is 2.33. The highest BCUT2D eigenvalue weighted by molar-refractivity contribution is 7.82. The maximum atomic E-state index is 11.2. The summed E-state index contributed by atoms with van der Waals surface area (Å²) in [7, 11) is -1.73. The van der Waals surface area contributed by atoms with E-state index in [1.165, 1.54) is 0 Å². The summed E-state index contributed by atoms with van der Waals surface area (Å²) in [6, 6.07) is 7.19. The number of hydrogen-bond donors (Lipinski definition) is 1. The van der Waals surface area contributed by atoms with Crippen LogP contribution in [-0.2, 0) is 16.7 Å². The van der Waals surface area contributed by atoms with Gasteiger partial charge in [0.25, 0.3) is 0 Å². The van der Waals surface area contributed by atoms with Crippen molar-refractivity contribution in [1.29, 1.82) is 0 Å². The standard InChI is InChI=1S/C8H7ClN2O3S/c9-11(12)15(13)5-7-6-3-1-2-4-8(6)14-10-7/h1-4,12H,5H2. The van der Waals surface area contributed by atoms with E-state index < -0.39 is 11.0 Å². The fourth-order valence-electron chi connectivity index (χ4n) is 1.21. The van der Waals surface area contributed by atoms with Gasteiger partial charge >= 0.3 is 0 Å². The molecule has 0 saturated carbocycles. The van der Waals surface area contributed by atoms with E-state index in [2.05, 4.69) is 5.16 Å². The molecule has 2 rings (SSSR count). The Morgan fingerprint density at radius 1 is 1.53 bits per heavy atom. The van der Waals surface area contributed by atoms with E-state index in [9.17, 15) is 4.21 Å². The summed E-state index contributed by atoms with van der Waals surface area (Å²) in [5.74, 6) is 0.0109. The van der Waals surface area contributed by atoms with Gasteiger partial charge in [-0.1, -0.05) is 17.3 Å². The second kappa shape index (κ2) is 4.28. The molecule has 15 heavy (non-hydrogen) atoms. The lowest BCUT2D eigenvalue weighted by Crippen LogP contribution is -2.12. The molecule has 0 aliphatic rings. The summed E-state index contributed by atoms with van der Waals surface area (Å²) < 4.78 is 16.4. The van der Waals surface area contributed by atoms with Gasteiger partial charge in [-0.05, 0) is 16.1 Å². The first-order valence-electron chi connectivity index (χ1n) is 4.05. The van der Waals surface area contributed by atoms with Crippen LogP contribution in [0.1, 0.15) is 5.69 Å². The fourth-order valence-corrected chi connectivity index (χ4v) is 1.91. The molecular weight excluding hydrogens is 240 g/mol. The van der Waals surface area contributed by atoms with Gasteiger partial charge in [0.1, 0.15) is 16.7 Å². The highest BCUT2D eigenvalue weighted by Crippen LogP contribution is 2.19. The number of rotatable bonds is 3. The zero-order valence-electron chi connectivity index (χ0n) is 7.46. The summed E-state index contributed by atoms with van der Waals surface area (Å²) in [5, 5.41) is 13.3. The third-order valence-corrected chi connectivity index (χ3v) is 3.20. The molecule has 0 bridgehead atoms. The molecule has 7 heteroatoms. The number of nitrogens with zero attached hydrogens (tertiary/aromatic N) is 2. The van der Waals surface area contributed by atoms with Crippen molar-refractivity contribution in [2.45, 2.75) is 5.75 Å². The van der Waals surface area contributed by atoms with Crippen LogP contribution in [0.15, 0.2) is 28.8 Å². The Hall–Kier alpha value is -0.950. The first-order chi connectivity index (χ1) is 7.18. The normalized spacial score (nSPS) is 13.5. The maximum Gasteiger partial charge on any atom is 0.167 e. The molecule has 0 saturated heterocycles. The number of hydrogen-bond acceptors (Lipinski definition) is 4. The zero-order chi connectivity index (χ0) is 10.8. The van der Waals surface area contributed by atoms with Gasteiger partial charge in [-0.15, -0.1) is 0 Å². The Morgan fingerprint density at radius 3 is 3.00 bits per heavy atom. The lowest BCUT2D eigenvalue weighted by atomic mass is 10.2. The topological polar surface area (TPSA) is 66.6 Å². The van der Waals surface area contributed by atoms with E-state index >= 15 is 0 Å². The van der Waals surface area contributed by atoms with Crippen molar-refractivity contribution < 1.29 is 13.9 Å². The minimum Gasteiger partial charge on any atom is -0.356 e. The number of halogens is 1. The SMILES string of the molecule is O=S(Cc1noc2ccccc12)N(O)Cl. The van der Waals surface area contributed by atoms with Gasteiger partial charge in [-0.2, -0.15) is 0 Å². The van der Waals surface area contributed by atoms with Crippen LogP contribution in [0.4, 0.5) is 0 Å². The summed E-state index contributed by atoms with van der Waals surface area (Å²) in [6.45, 7) is 0. The minimum absolute atomic E-state index is 0.0109. The van der Waals surface area contributed by atoms with E-state index in [-0.39, 0.29) is 9.74 Å². The van der Waals surface area contributed by atoms with Crippen molar-refractivity contribution in [3.05, 3.63) is 30.0 Å². The van der Waals surface area contributed by atoms with Crippen LogP contribution in [0, 0.1) is 0 Å². The maximum absolute atomic E-state index is 11.2. The van der Waals surface area contributed by atoms with E-state index in [0.717, 1.165) is 5.39 Å². The molecule has 0 aliphatic heterocycles. The summed E-state index contributed by atoms with van der Waals surface area (Å²) >= 11 is 5.13. The van der Waals surface area contributed by atoms with E-state index in [4.69, 9.17) is 21.5 Å². The second-order valence-electron chi connectivity index (χ2n) is 2.82. The van der Waals surface area contributed by atoms with Crippen LogP contribution >= 0.6 is 11.8 Å². The van der Waals surface area contributed by atoms with Gasteiger partial charge in [0.05, 0.1) is 5.75 Å². The average Bonchev–Trinajstić information content (AvgIpc) is 2.62. The molecular formula is C8H7ClN2O3S. The van der Waals surface area contributed by atoms with E-state index in [1.54, 1.807) is 12.1 Å². The molecule has 0 aliphatic carbocycles. The summed E-state index contributed by atoms with van der Waals surface area (Å²) in [6.07, 6.45) is 0. The molecule has 1 aromatic heterocycles. The smallest absolute Gasteiger partial charge is 0.167 e. The Labute approximate surface area is 92.9 Å². The van der Waals surface area contributed by atoms with Gasteiger partial charge in [0.15, 0.2) is 5.58 Å². The first kappa shape index (κ1) is 10.6. The minimum atomic E-state index is -1.73. The monoisotopic (exact) mass is 246 g/mol. The lowest BCUT2D eigenvalue weighted by Gasteiger charge is -2.01. The third-order valence-electron chi connectivity index (χ3n) is 1.88. The first-order valence-corrected chi connectivity index (χ1v) is 5.66. The molecule has 0 radical (unpaired) electrons. The quantitative estimate of drug-likeness (QED) is 0.663. The number of aromatic nitrogens is 1. The lowest BCUT2D eigenvalue weighted by molar-refractivity contribution is 0.106. The molecule has 2 aromatic rings. The molecule has 1 unspecified atom stereocenters. The number of benzene rings is 1. The molecule has 5 nitrogen and oxygen atoms in total. The summed E-state index contributed by atoms with van der Waals surface area (Å²) in [4.78, 5) is 0. The molecule has 0 amide bonds. The Kier molecular flexibility index (Phi) is 3.01. The zero-order valence-corrected chi connectivity index (χ0v) is 9.03. The van der Waals surface area contributed by atoms with Crippen molar-refractivity contribution in [1.82, 2.24) is 9.14 Å². The van der Waals surface area contributed by atoms with E-state index in [1.807, 2.05) is 12.1 Å². The fraction of sp³-hybridized carbons (Fsp3) is 0.125. The van der Waals surface area contributed by atoms with Crippen LogP contribution in [-0.4, -0.2) is 18.6 Å². The molecule has 0 spiro atoms. The van der Waals surface area contributed by atoms with Gasteiger partial charge < -0.3 is 4.52 Å². The Bertz CT molecular complexity index is 499. The van der Waals surface area contributed by atoms with Crippen molar-refractivity contribution in [3.63, 3.8) is 0 Å². The van der Waals surface area contributed by atoms with Gasteiger partial charge in [-0.3, -0.25) is 5.21 Å². The molecule has 1 N–H and O–H groups in total. The van der Waals surface area contributed by atoms with Crippen LogP contribution in [0.2, 0.25) is 0 Å². The predicted octanol–water partition coefficient (Wildman–Crippen LogP) is 1.84. The Morgan fingerprint density at radius 2 is 2.27 bits per heavy atom. The van der Waals surface area contributed by atoms with Gasteiger partial charge in [0.2, 0.25) is 0 Å². The largest absolute Gasteiger partial charge is 0.356 e. The highest BCUT2D eigenvalue weighted by Gasteiger charge is 2.14.